The Morgan fingerprint density at radius 1 is 1.00 bits per heavy atom. The van der Waals surface area contributed by atoms with E-state index in [1.165, 1.54) is 11.0 Å². The van der Waals surface area contributed by atoms with Gasteiger partial charge in [-0.15, -0.1) is 0 Å². The Bertz CT molecular complexity index is 1670. The van der Waals surface area contributed by atoms with Crippen molar-refractivity contribution < 1.29 is 46.1 Å². The van der Waals surface area contributed by atoms with Crippen LogP contribution in [0.2, 0.25) is 0 Å². The van der Waals surface area contributed by atoms with Crippen LogP contribution in [-0.2, 0) is 28.5 Å². The molecular weight excluding hydrogens is 585 g/mol. The summed E-state index contributed by atoms with van der Waals surface area (Å²) in [5, 5.41) is 10.3. The molecule has 1 amide bonds. The maximum Gasteiger partial charge on any atom is 0.419 e. The minimum Gasteiger partial charge on any atom is -0.490 e. The van der Waals surface area contributed by atoms with Crippen molar-refractivity contribution in [3.8, 4) is 16.9 Å². The van der Waals surface area contributed by atoms with Gasteiger partial charge in [0.05, 0.1) is 17.8 Å². The molecule has 0 spiro atoms. The molecule has 0 fully saturated rings. The van der Waals surface area contributed by atoms with Crippen LogP contribution in [0.25, 0.3) is 11.1 Å². The summed E-state index contributed by atoms with van der Waals surface area (Å²) in [6, 6.07) is 4.95. The first kappa shape index (κ1) is 31.4. The van der Waals surface area contributed by atoms with E-state index in [2.05, 4.69) is 0 Å². The number of rotatable bonds is 5. The number of hydrogen-bond donors (Lipinski definition) is 1. The number of aliphatic carboxylic acids is 1. The number of amides is 1. The van der Waals surface area contributed by atoms with Gasteiger partial charge in [-0.2, -0.15) is 13.2 Å². The van der Waals surface area contributed by atoms with Crippen LogP contribution in [0.15, 0.2) is 30.3 Å². The van der Waals surface area contributed by atoms with Crippen LogP contribution in [0.4, 0.5) is 27.6 Å². The lowest BCUT2D eigenvalue weighted by atomic mass is 9.83. The smallest absolute Gasteiger partial charge is 0.419 e. The molecule has 1 unspecified atom stereocenters. The van der Waals surface area contributed by atoms with Gasteiger partial charge in [0, 0.05) is 28.9 Å². The fourth-order valence-corrected chi connectivity index (χ4v) is 6.09. The molecule has 3 aromatic rings. The first-order valence-electron chi connectivity index (χ1n) is 14.2. The summed E-state index contributed by atoms with van der Waals surface area (Å²) in [5.41, 5.74) is 1.26. The summed E-state index contributed by atoms with van der Waals surface area (Å²) in [7, 11) is 0. The number of carbonyl (C=O) groups is 2. The molecule has 0 bridgehead atoms. The van der Waals surface area contributed by atoms with Crippen molar-refractivity contribution in [1.29, 1.82) is 0 Å². The van der Waals surface area contributed by atoms with E-state index in [1.54, 1.807) is 33.8 Å². The zero-order valence-electron chi connectivity index (χ0n) is 24.9. The molecule has 2 aliphatic heterocycles. The Labute approximate surface area is 251 Å². The zero-order chi connectivity index (χ0) is 32.3. The Morgan fingerprint density at radius 2 is 1.70 bits per heavy atom. The van der Waals surface area contributed by atoms with Crippen LogP contribution in [-0.4, -0.2) is 35.7 Å². The highest BCUT2D eigenvalue weighted by molar-refractivity contribution is 6.08. The summed E-state index contributed by atoms with van der Waals surface area (Å²) >= 11 is 0. The molecule has 11 heteroatoms. The van der Waals surface area contributed by atoms with Crippen molar-refractivity contribution in [2.75, 3.05) is 18.1 Å². The largest absolute Gasteiger partial charge is 0.490 e. The van der Waals surface area contributed by atoms with E-state index in [4.69, 9.17) is 9.47 Å². The number of alkyl halides is 3. The topological polar surface area (TPSA) is 76.1 Å². The highest BCUT2D eigenvalue weighted by Crippen LogP contribution is 2.48. The number of carboxylic acid groups (broad SMARTS) is 1. The highest BCUT2D eigenvalue weighted by atomic mass is 19.4. The second-order valence-corrected chi connectivity index (χ2v) is 12.1. The van der Waals surface area contributed by atoms with Crippen LogP contribution >= 0.6 is 0 Å². The number of hydrogen-bond acceptors (Lipinski definition) is 4. The third-order valence-corrected chi connectivity index (χ3v) is 7.96. The second kappa shape index (κ2) is 11.2. The molecule has 6 nitrogen and oxygen atoms in total. The molecule has 0 radical (unpaired) electrons. The van der Waals surface area contributed by atoms with Gasteiger partial charge in [-0.1, -0.05) is 0 Å². The molecule has 2 aliphatic rings. The molecule has 0 saturated heterocycles. The lowest BCUT2D eigenvalue weighted by molar-refractivity contribution is -0.160. The molecule has 5 rings (SSSR count). The highest BCUT2D eigenvalue weighted by Gasteiger charge is 2.38. The Balaban J connectivity index is 1.73. The first-order valence-corrected chi connectivity index (χ1v) is 14.2. The van der Waals surface area contributed by atoms with Gasteiger partial charge in [-0.3, -0.25) is 4.79 Å². The van der Waals surface area contributed by atoms with E-state index in [-0.39, 0.29) is 24.3 Å². The maximum atomic E-state index is 15.5. The van der Waals surface area contributed by atoms with Gasteiger partial charge in [0.15, 0.2) is 17.7 Å². The van der Waals surface area contributed by atoms with Gasteiger partial charge in [-0.05, 0) is 112 Å². The van der Waals surface area contributed by atoms with Gasteiger partial charge in [-0.25, -0.2) is 13.6 Å². The summed E-state index contributed by atoms with van der Waals surface area (Å²) in [6.07, 6.45) is -4.91. The van der Waals surface area contributed by atoms with E-state index >= 15 is 4.39 Å². The van der Waals surface area contributed by atoms with E-state index in [0.29, 0.717) is 76.2 Å². The zero-order valence-corrected chi connectivity index (χ0v) is 24.9. The number of halogens is 5. The lowest BCUT2D eigenvalue weighted by Gasteiger charge is -2.30. The van der Waals surface area contributed by atoms with E-state index in [1.807, 2.05) is 6.92 Å². The van der Waals surface area contributed by atoms with Crippen molar-refractivity contribution >= 4 is 17.6 Å². The molecule has 234 valence electrons. The van der Waals surface area contributed by atoms with Crippen molar-refractivity contribution in [3.63, 3.8) is 0 Å². The number of carbonyl (C=O) groups excluding carboxylic acids is 1. The standard InChI is InChI=1S/C33H32F5NO5/c1-16-13-25-20(10-11-39(25)30(40)18-8-9-22(23(34)14-18)33(36,37)38)27(26(16)29(31(41)42)44-32(3,4)5)21-15-24(35)28-19(17(21)2)7-6-12-43-28/h8-9,13-15,29H,6-7,10-12H2,1-5H3,(H,41,42). The minimum atomic E-state index is -4.92. The molecule has 44 heavy (non-hydrogen) atoms. The first-order chi connectivity index (χ1) is 20.5. The summed E-state index contributed by atoms with van der Waals surface area (Å²) in [4.78, 5) is 27.6. The monoisotopic (exact) mass is 617 g/mol. The fourth-order valence-electron chi connectivity index (χ4n) is 6.09. The van der Waals surface area contributed by atoms with Crippen LogP contribution in [0.1, 0.15) is 77.0 Å². The normalized spacial score (nSPS) is 15.5. The third kappa shape index (κ3) is 5.65. The second-order valence-electron chi connectivity index (χ2n) is 12.1. The Morgan fingerprint density at radius 3 is 2.32 bits per heavy atom. The van der Waals surface area contributed by atoms with E-state index in [9.17, 15) is 32.3 Å². The van der Waals surface area contributed by atoms with Crippen LogP contribution in [0.3, 0.4) is 0 Å². The summed E-state index contributed by atoms with van der Waals surface area (Å²) in [6.45, 7) is 9.08. The lowest BCUT2D eigenvalue weighted by Crippen LogP contribution is -2.30. The quantitative estimate of drug-likeness (QED) is 0.297. The average molecular weight is 618 g/mol. The number of ether oxygens (including phenoxy) is 2. The van der Waals surface area contributed by atoms with Crippen molar-refractivity contribution in [2.24, 2.45) is 0 Å². The van der Waals surface area contributed by atoms with Gasteiger partial charge < -0.3 is 19.5 Å². The molecule has 0 aliphatic carbocycles. The Hall–Kier alpha value is -3.99. The predicted molar refractivity (Wildman–Crippen MR) is 153 cm³/mol. The summed E-state index contributed by atoms with van der Waals surface area (Å²) < 4.78 is 81.0. The molecular formula is C33H32F5NO5. The fraction of sp³-hybridized carbons (Fsp3) is 0.394. The van der Waals surface area contributed by atoms with Crippen LogP contribution < -0.4 is 9.64 Å². The Kier molecular flexibility index (Phi) is 7.99. The van der Waals surface area contributed by atoms with Gasteiger partial charge >= 0.3 is 12.1 Å². The van der Waals surface area contributed by atoms with Crippen molar-refractivity contribution in [1.82, 2.24) is 0 Å². The number of aryl methyl sites for hydroxylation is 1. The average Bonchev–Trinajstić information content (AvgIpc) is 3.34. The maximum absolute atomic E-state index is 15.5. The van der Waals surface area contributed by atoms with Gasteiger partial charge in [0.1, 0.15) is 5.82 Å². The van der Waals surface area contributed by atoms with Crippen molar-refractivity contribution in [2.45, 2.75) is 71.8 Å². The number of nitrogens with zero attached hydrogens (tertiary/aromatic N) is 1. The van der Waals surface area contributed by atoms with Gasteiger partial charge in [0.25, 0.3) is 5.91 Å². The van der Waals surface area contributed by atoms with E-state index < -0.39 is 47.0 Å². The SMILES string of the molecule is Cc1cc2c(c(-c3cc(F)c4c(c3C)CCCO4)c1C(OC(C)(C)C)C(=O)O)CCN2C(=O)c1ccc(C(F)(F)F)c(F)c1. The summed E-state index contributed by atoms with van der Waals surface area (Å²) in [5.74, 6) is -3.99. The number of fused-ring (bicyclic) bond motifs is 2. The molecule has 0 saturated carbocycles. The third-order valence-electron chi connectivity index (χ3n) is 7.96. The molecule has 3 aromatic carbocycles. The number of anilines is 1. The minimum absolute atomic E-state index is 0.0835. The molecule has 1 atom stereocenters. The van der Waals surface area contributed by atoms with E-state index in [0.717, 1.165) is 6.07 Å². The molecule has 1 N–H and O–H groups in total. The molecule has 0 aromatic heterocycles. The molecule has 2 heterocycles. The number of carboxylic acids is 1. The van der Waals surface area contributed by atoms with Crippen LogP contribution in [0, 0.1) is 25.5 Å². The predicted octanol–water partition coefficient (Wildman–Crippen LogP) is 7.74. The van der Waals surface area contributed by atoms with Gasteiger partial charge in [0.2, 0.25) is 0 Å². The van der Waals surface area contributed by atoms with Crippen LogP contribution in [0.5, 0.6) is 5.75 Å². The van der Waals surface area contributed by atoms with Crippen molar-refractivity contribution in [3.05, 3.63) is 80.9 Å². The number of benzene rings is 3.